The molecule has 0 aliphatic carbocycles. The highest BCUT2D eigenvalue weighted by atomic mass is 16.6. The van der Waals surface area contributed by atoms with Crippen LogP contribution in [0.5, 0.6) is 0 Å². The lowest BCUT2D eigenvalue weighted by atomic mass is 10.3. The molecule has 1 aromatic carbocycles. The van der Waals surface area contributed by atoms with E-state index >= 15 is 0 Å². The number of nitro groups is 1. The van der Waals surface area contributed by atoms with Crippen molar-refractivity contribution in [2.45, 2.75) is 6.04 Å². The molecule has 0 saturated carbocycles. The molecular weight excluding hydrogens is 252 g/mol. The van der Waals surface area contributed by atoms with Gasteiger partial charge in [-0.1, -0.05) is 0 Å². The molecule has 0 saturated heterocycles. The fraction of sp³-hybridized carbons (Fsp3) is 0.364. The number of imidazole rings is 1. The van der Waals surface area contributed by atoms with Gasteiger partial charge in [-0.25, -0.2) is 4.98 Å². The average Bonchev–Trinajstić information content (AvgIpc) is 2.79. The third-order valence-corrected chi connectivity index (χ3v) is 2.61. The maximum atomic E-state index is 10.7. The summed E-state index contributed by atoms with van der Waals surface area (Å²) in [4.78, 5) is 17.4. The topological polar surface area (TPSA) is 113 Å². The van der Waals surface area contributed by atoms with Crippen molar-refractivity contribution in [3.8, 4) is 0 Å². The molecule has 102 valence electrons. The molecule has 8 heteroatoms. The van der Waals surface area contributed by atoms with Crippen LogP contribution in [0.2, 0.25) is 0 Å². The molecule has 8 nitrogen and oxygen atoms in total. The van der Waals surface area contributed by atoms with E-state index in [1.165, 1.54) is 19.2 Å². The Kier molecular flexibility index (Phi) is 3.93. The number of rotatable bonds is 6. The molecule has 0 amide bonds. The van der Waals surface area contributed by atoms with E-state index in [9.17, 15) is 10.1 Å². The zero-order chi connectivity index (χ0) is 13.8. The summed E-state index contributed by atoms with van der Waals surface area (Å²) in [5.41, 5.74) is 1.17. The Labute approximate surface area is 108 Å². The Balaban J connectivity index is 2.23. The minimum atomic E-state index is -0.463. The Hall–Kier alpha value is -2.19. The van der Waals surface area contributed by atoms with Gasteiger partial charge in [0.15, 0.2) is 0 Å². The molecule has 0 spiro atoms. The van der Waals surface area contributed by atoms with E-state index in [2.05, 4.69) is 15.3 Å². The van der Waals surface area contributed by atoms with Crippen LogP contribution in [0, 0.1) is 10.1 Å². The van der Waals surface area contributed by atoms with Crippen molar-refractivity contribution in [3.05, 3.63) is 28.3 Å². The fourth-order valence-electron chi connectivity index (χ4n) is 1.71. The molecule has 0 bridgehead atoms. The summed E-state index contributed by atoms with van der Waals surface area (Å²) < 4.78 is 4.94. The van der Waals surface area contributed by atoms with Crippen LogP contribution in [0.1, 0.15) is 0 Å². The second-order valence-corrected chi connectivity index (χ2v) is 4.02. The maximum Gasteiger partial charge on any atom is 0.271 e. The third kappa shape index (κ3) is 2.98. The van der Waals surface area contributed by atoms with E-state index in [-0.39, 0.29) is 18.3 Å². The van der Waals surface area contributed by atoms with E-state index in [1.54, 1.807) is 6.07 Å². The highest BCUT2D eigenvalue weighted by Crippen LogP contribution is 2.20. The van der Waals surface area contributed by atoms with Gasteiger partial charge in [-0.15, -0.1) is 0 Å². The van der Waals surface area contributed by atoms with Crippen molar-refractivity contribution >= 4 is 22.7 Å². The summed E-state index contributed by atoms with van der Waals surface area (Å²) in [6.45, 7) is 0.221. The normalized spacial score (nSPS) is 12.5. The van der Waals surface area contributed by atoms with Crippen LogP contribution >= 0.6 is 0 Å². The van der Waals surface area contributed by atoms with Gasteiger partial charge >= 0.3 is 0 Å². The number of hydrogen-bond acceptors (Lipinski definition) is 6. The van der Waals surface area contributed by atoms with Gasteiger partial charge in [-0.2, -0.15) is 0 Å². The Morgan fingerprint density at radius 3 is 3.05 bits per heavy atom. The van der Waals surface area contributed by atoms with Crippen LogP contribution in [0.4, 0.5) is 11.6 Å². The fourth-order valence-corrected chi connectivity index (χ4v) is 1.71. The second-order valence-electron chi connectivity index (χ2n) is 4.02. The predicted molar refractivity (Wildman–Crippen MR) is 69.1 cm³/mol. The SMILES string of the molecule is COCC(CO)Nc1nc2ccc([N+](=O)[O-])cc2[nH]1. The van der Waals surface area contributed by atoms with Crippen molar-refractivity contribution in [2.24, 2.45) is 0 Å². The lowest BCUT2D eigenvalue weighted by Crippen LogP contribution is -2.29. The summed E-state index contributed by atoms with van der Waals surface area (Å²) in [6.07, 6.45) is 0. The van der Waals surface area contributed by atoms with Crippen LogP contribution < -0.4 is 5.32 Å². The van der Waals surface area contributed by atoms with Gasteiger partial charge in [0.1, 0.15) is 0 Å². The Morgan fingerprint density at radius 2 is 2.42 bits per heavy atom. The number of hydrogen-bond donors (Lipinski definition) is 3. The first kappa shape index (κ1) is 13.2. The van der Waals surface area contributed by atoms with E-state index < -0.39 is 4.92 Å². The van der Waals surface area contributed by atoms with Crippen molar-refractivity contribution in [2.75, 3.05) is 25.6 Å². The minimum absolute atomic E-state index is 0.00157. The van der Waals surface area contributed by atoms with Gasteiger partial charge in [-0.3, -0.25) is 10.1 Å². The predicted octanol–water partition coefficient (Wildman–Crippen LogP) is 0.890. The maximum absolute atomic E-state index is 10.7. The van der Waals surface area contributed by atoms with Gasteiger partial charge in [0.05, 0.1) is 35.2 Å². The van der Waals surface area contributed by atoms with Crippen molar-refractivity contribution < 1.29 is 14.8 Å². The highest BCUT2D eigenvalue weighted by Gasteiger charge is 2.12. The summed E-state index contributed by atoms with van der Waals surface area (Å²) in [5.74, 6) is 0.437. The molecule has 1 unspecified atom stereocenters. The lowest BCUT2D eigenvalue weighted by Gasteiger charge is -2.13. The van der Waals surface area contributed by atoms with Crippen LogP contribution in [-0.4, -0.2) is 46.4 Å². The number of anilines is 1. The van der Waals surface area contributed by atoms with Crippen molar-refractivity contribution in [1.82, 2.24) is 9.97 Å². The first-order chi connectivity index (χ1) is 9.13. The summed E-state index contributed by atoms with van der Waals surface area (Å²) in [5, 5.41) is 22.8. The Bertz CT molecular complexity index is 583. The molecule has 3 N–H and O–H groups in total. The molecule has 1 heterocycles. The minimum Gasteiger partial charge on any atom is -0.394 e. The number of aromatic nitrogens is 2. The number of nitrogens with one attached hydrogen (secondary N) is 2. The molecular formula is C11H14N4O4. The van der Waals surface area contributed by atoms with Crippen molar-refractivity contribution in [1.29, 1.82) is 0 Å². The number of benzene rings is 1. The summed E-state index contributed by atoms with van der Waals surface area (Å²) in [6, 6.07) is 4.09. The van der Waals surface area contributed by atoms with E-state index in [0.29, 0.717) is 23.6 Å². The average molecular weight is 266 g/mol. The monoisotopic (exact) mass is 266 g/mol. The largest absolute Gasteiger partial charge is 0.394 e. The number of methoxy groups -OCH3 is 1. The number of non-ortho nitro benzene ring substituents is 1. The van der Waals surface area contributed by atoms with Gasteiger partial charge in [0, 0.05) is 19.2 Å². The van der Waals surface area contributed by atoms with Gasteiger partial charge < -0.3 is 20.1 Å². The standard InChI is InChI=1S/C11H14N4O4/c1-19-6-7(5-16)12-11-13-9-3-2-8(15(17)18)4-10(9)14-11/h2-4,7,16H,5-6H2,1H3,(H2,12,13,14). The third-order valence-electron chi connectivity index (χ3n) is 2.61. The zero-order valence-electron chi connectivity index (χ0n) is 10.3. The first-order valence-electron chi connectivity index (χ1n) is 5.64. The molecule has 0 aliphatic rings. The number of nitro benzene ring substituents is 1. The quantitative estimate of drug-likeness (QED) is 0.528. The molecule has 19 heavy (non-hydrogen) atoms. The lowest BCUT2D eigenvalue weighted by molar-refractivity contribution is -0.384. The molecule has 0 radical (unpaired) electrons. The van der Waals surface area contributed by atoms with Crippen molar-refractivity contribution in [3.63, 3.8) is 0 Å². The smallest absolute Gasteiger partial charge is 0.271 e. The molecule has 1 atom stereocenters. The molecule has 0 aliphatic heterocycles. The number of fused-ring (bicyclic) bond motifs is 1. The van der Waals surface area contributed by atoms with Gasteiger partial charge in [0.2, 0.25) is 5.95 Å². The zero-order valence-corrected chi connectivity index (χ0v) is 10.3. The highest BCUT2D eigenvalue weighted by molar-refractivity contribution is 5.79. The van der Waals surface area contributed by atoms with Gasteiger partial charge in [0.25, 0.3) is 5.69 Å². The number of aliphatic hydroxyl groups excluding tert-OH is 1. The number of aliphatic hydroxyl groups is 1. The molecule has 1 aromatic heterocycles. The van der Waals surface area contributed by atoms with Crippen LogP contribution in [0.25, 0.3) is 11.0 Å². The first-order valence-corrected chi connectivity index (χ1v) is 5.64. The molecule has 2 rings (SSSR count). The van der Waals surface area contributed by atoms with E-state index in [4.69, 9.17) is 9.84 Å². The molecule has 2 aromatic rings. The summed E-state index contributed by atoms with van der Waals surface area (Å²) >= 11 is 0. The summed E-state index contributed by atoms with van der Waals surface area (Å²) in [7, 11) is 1.53. The molecule has 0 fully saturated rings. The second kappa shape index (κ2) is 5.63. The number of H-pyrrole nitrogens is 1. The van der Waals surface area contributed by atoms with Crippen LogP contribution in [0.15, 0.2) is 18.2 Å². The van der Waals surface area contributed by atoms with E-state index in [0.717, 1.165) is 0 Å². The van der Waals surface area contributed by atoms with Gasteiger partial charge in [-0.05, 0) is 6.07 Å². The Morgan fingerprint density at radius 1 is 1.63 bits per heavy atom. The number of ether oxygens (including phenoxy) is 1. The van der Waals surface area contributed by atoms with Crippen LogP contribution in [0.3, 0.4) is 0 Å². The van der Waals surface area contributed by atoms with E-state index in [1.807, 2.05) is 0 Å². The van der Waals surface area contributed by atoms with Crippen LogP contribution in [-0.2, 0) is 4.74 Å². The number of nitrogens with zero attached hydrogens (tertiary/aromatic N) is 2. The number of aromatic amines is 1.